The van der Waals surface area contributed by atoms with Crippen LogP contribution in [0.25, 0.3) is 10.8 Å². The Morgan fingerprint density at radius 3 is 2.56 bits per heavy atom. The molecule has 82 valence electrons. The monoisotopic (exact) mass is 212 g/mol. The average molecular weight is 212 g/mol. The van der Waals surface area contributed by atoms with Crippen molar-refractivity contribution in [1.82, 2.24) is 0 Å². The van der Waals surface area contributed by atoms with E-state index in [2.05, 4.69) is 36.2 Å². The molecule has 0 aliphatic carbocycles. The van der Waals surface area contributed by atoms with E-state index in [1.807, 2.05) is 19.9 Å². The Kier molecular flexibility index (Phi) is 2.65. The van der Waals surface area contributed by atoms with Crippen molar-refractivity contribution in [3.63, 3.8) is 0 Å². The predicted molar refractivity (Wildman–Crippen MR) is 71.5 cm³/mol. The van der Waals surface area contributed by atoms with Gasteiger partial charge in [0.1, 0.15) is 0 Å². The van der Waals surface area contributed by atoms with E-state index in [1.165, 1.54) is 10.9 Å². The zero-order chi connectivity index (χ0) is 11.7. The summed E-state index contributed by atoms with van der Waals surface area (Å²) in [7, 11) is 0. The molecule has 0 radical (unpaired) electrons. The van der Waals surface area contributed by atoms with Gasteiger partial charge in [-0.05, 0) is 32.2 Å². The zero-order valence-electron chi connectivity index (χ0n) is 9.91. The predicted octanol–water partition coefficient (Wildman–Crippen LogP) is 3.84. The molecule has 2 rings (SSSR count). The number of nitrogen functional groups attached to an aromatic ring is 1. The molecule has 0 saturated carbocycles. The lowest BCUT2D eigenvalue weighted by atomic mass is 10.1. The number of fused-ring (bicyclic) bond motifs is 1. The van der Waals surface area contributed by atoms with E-state index in [0.717, 1.165) is 22.5 Å². The quantitative estimate of drug-likeness (QED) is 0.566. The topological polar surface area (TPSA) is 38.4 Å². The fourth-order valence-corrected chi connectivity index (χ4v) is 1.80. The second kappa shape index (κ2) is 3.97. The number of rotatable bonds is 1. The fraction of sp³-hybridized carbons (Fsp3) is 0.214. The number of aliphatic imine (C=N–C) groups is 1. The molecular formula is C14H16N2. The molecule has 0 bridgehead atoms. The Balaban J connectivity index is 2.70. The van der Waals surface area contributed by atoms with Crippen LogP contribution in [0.15, 0.2) is 35.3 Å². The van der Waals surface area contributed by atoms with Crippen molar-refractivity contribution in [2.75, 3.05) is 5.73 Å². The summed E-state index contributed by atoms with van der Waals surface area (Å²) in [5, 5.41) is 2.25. The molecule has 0 saturated heterocycles. The number of anilines is 1. The Bertz CT molecular complexity index is 564. The summed E-state index contributed by atoms with van der Waals surface area (Å²) in [5.41, 5.74) is 9.99. The minimum atomic E-state index is 0.763. The second-order valence-electron chi connectivity index (χ2n) is 4.28. The van der Waals surface area contributed by atoms with Crippen LogP contribution in [0, 0.1) is 6.92 Å². The highest BCUT2D eigenvalue weighted by Gasteiger charge is 2.03. The minimum Gasteiger partial charge on any atom is -0.396 e. The molecule has 0 unspecified atom stereocenters. The Hall–Kier alpha value is -1.83. The lowest BCUT2D eigenvalue weighted by Crippen LogP contribution is -1.90. The van der Waals surface area contributed by atoms with Gasteiger partial charge in [-0.2, -0.15) is 0 Å². The highest BCUT2D eigenvalue weighted by molar-refractivity contribution is 5.99. The van der Waals surface area contributed by atoms with Crippen LogP contribution in [0.4, 0.5) is 11.4 Å². The van der Waals surface area contributed by atoms with E-state index in [0.29, 0.717) is 0 Å². The van der Waals surface area contributed by atoms with Gasteiger partial charge < -0.3 is 5.73 Å². The summed E-state index contributed by atoms with van der Waals surface area (Å²) >= 11 is 0. The summed E-state index contributed by atoms with van der Waals surface area (Å²) in [6, 6.07) is 10.3. The van der Waals surface area contributed by atoms with E-state index in [9.17, 15) is 0 Å². The summed E-state index contributed by atoms with van der Waals surface area (Å²) in [6.45, 7) is 6.02. The number of nitrogens with zero attached hydrogens (tertiary/aromatic N) is 1. The van der Waals surface area contributed by atoms with Gasteiger partial charge in [0, 0.05) is 11.1 Å². The van der Waals surface area contributed by atoms with Crippen molar-refractivity contribution >= 4 is 27.9 Å². The molecule has 2 aromatic rings. The van der Waals surface area contributed by atoms with Gasteiger partial charge in [0.15, 0.2) is 0 Å². The lowest BCUT2D eigenvalue weighted by Gasteiger charge is -2.06. The maximum Gasteiger partial charge on any atom is 0.0864 e. The zero-order valence-corrected chi connectivity index (χ0v) is 9.91. The first-order valence-electron chi connectivity index (χ1n) is 5.38. The molecule has 2 heteroatoms. The van der Waals surface area contributed by atoms with Crippen LogP contribution >= 0.6 is 0 Å². The third-order valence-corrected chi connectivity index (χ3v) is 2.54. The Labute approximate surface area is 95.8 Å². The maximum atomic E-state index is 6.11. The first-order chi connectivity index (χ1) is 7.58. The Morgan fingerprint density at radius 1 is 1.12 bits per heavy atom. The summed E-state index contributed by atoms with van der Waals surface area (Å²) < 4.78 is 0. The molecule has 2 N–H and O–H groups in total. The van der Waals surface area contributed by atoms with Gasteiger partial charge >= 0.3 is 0 Å². The molecule has 0 aliphatic rings. The van der Waals surface area contributed by atoms with Crippen molar-refractivity contribution < 1.29 is 0 Å². The molecule has 2 nitrogen and oxygen atoms in total. The molecule has 0 atom stereocenters. The maximum absolute atomic E-state index is 6.11. The van der Waals surface area contributed by atoms with Gasteiger partial charge in [-0.15, -0.1) is 0 Å². The van der Waals surface area contributed by atoms with E-state index in [-0.39, 0.29) is 0 Å². The number of hydrogen-bond donors (Lipinski definition) is 1. The van der Waals surface area contributed by atoms with Crippen LogP contribution in [0.3, 0.4) is 0 Å². The third-order valence-electron chi connectivity index (χ3n) is 2.54. The van der Waals surface area contributed by atoms with Crippen LogP contribution in [-0.2, 0) is 0 Å². The van der Waals surface area contributed by atoms with Crippen molar-refractivity contribution in [1.29, 1.82) is 0 Å². The van der Waals surface area contributed by atoms with Gasteiger partial charge in [0.25, 0.3) is 0 Å². The van der Waals surface area contributed by atoms with Crippen LogP contribution < -0.4 is 5.73 Å². The van der Waals surface area contributed by atoms with E-state index >= 15 is 0 Å². The fourth-order valence-electron chi connectivity index (χ4n) is 1.80. The third kappa shape index (κ3) is 1.91. The van der Waals surface area contributed by atoms with Gasteiger partial charge in [-0.3, -0.25) is 4.99 Å². The molecule has 0 amide bonds. The van der Waals surface area contributed by atoms with Crippen LogP contribution in [0.1, 0.15) is 19.4 Å². The van der Waals surface area contributed by atoms with Crippen LogP contribution in [0.2, 0.25) is 0 Å². The SMILES string of the molecule is CC(C)=Nc1ccc2cc(C)ccc2c1N. The average Bonchev–Trinajstić information content (AvgIpc) is 2.22. The highest BCUT2D eigenvalue weighted by atomic mass is 14.8. The first kappa shape index (κ1) is 10.7. The van der Waals surface area contributed by atoms with Crippen molar-refractivity contribution in [2.24, 2.45) is 4.99 Å². The molecule has 2 aromatic carbocycles. The van der Waals surface area contributed by atoms with Gasteiger partial charge in [0.05, 0.1) is 11.4 Å². The molecule has 0 spiro atoms. The van der Waals surface area contributed by atoms with Gasteiger partial charge in [-0.25, -0.2) is 0 Å². The second-order valence-corrected chi connectivity index (χ2v) is 4.28. The molecule has 16 heavy (non-hydrogen) atoms. The molecule has 0 aliphatic heterocycles. The molecular weight excluding hydrogens is 196 g/mol. The van der Waals surface area contributed by atoms with Gasteiger partial charge in [-0.1, -0.05) is 29.8 Å². The van der Waals surface area contributed by atoms with E-state index in [4.69, 9.17) is 5.73 Å². The first-order valence-corrected chi connectivity index (χ1v) is 5.38. The van der Waals surface area contributed by atoms with Crippen LogP contribution in [-0.4, -0.2) is 5.71 Å². The minimum absolute atomic E-state index is 0.763. The number of aryl methyl sites for hydroxylation is 1. The van der Waals surface area contributed by atoms with E-state index < -0.39 is 0 Å². The summed E-state index contributed by atoms with van der Waals surface area (Å²) in [4.78, 5) is 4.42. The van der Waals surface area contributed by atoms with Crippen molar-refractivity contribution in [3.8, 4) is 0 Å². The lowest BCUT2D eigenvalue weighted by molar-refractivity contribution is 1.47. The molecule has 0 fully saturated rings. The summed E-state index contributed by atoms with van der Waals surface area (Å²) in [5.74, 6) is 0. The van der Waals surface area contributed by atoms with Crippen LogP contribution in [0.5, 0.6) is 0 Å². The molecule has 0 heterocycles. The molecule has 0 aromatic heterocycles. The number of benzene rings is 2. The van der Waals surface area contributed by atoms with E-state index in [1.54, 1.807) is 0 Å². The largest absolute Gasteiger partial charge is 0.396 e. The Morgan fingerprint density at radius 2 is 1.88 bits per heavy atom. The number of hydrogen-bond acceptors (Lipinski definition) is 2. The van der Waals surface area contributed by atoms with Crippen molar-refractivity contribution in [3.05, 3.63) is 35.9 Å². The summed E-state index contributed by atoms with van der Waals surface area (Å²) in [6.07, 6.45) is 0. The highest BCUT2D eigenvalue weighted by Crippen LogP contribution is 2.31. The normalized spacial score (nSPS) is 10.4. The van der Waals surface area contributed by atoms with Gasteiger partial charge in [0.2, 0.25) is 0 Å². The van der Waals surface area contributed by atoms with Crippen molar-refractivity contribution in [2.45, 2.75) is 20.8 Å². The smallest absolute Gasteiger partial charge is 0.0864 e. The number of nitrogens with two attached hydrogens (primary N) is 1. The standard InChI is InChI=1S/C14H16N2/c1-9(2)16-13-7-5-11-8-10(3)4-6-12(11)14(13)15/h4-8H,15H2,1-3H3.